The maximum absolute atomic E-state index is 13.1. The molecule has 1 unspecified atom stereocenters. The van der Waals surface area contributed by atoms with E-state index in [4.69, 9.17) is 4.98 Å². The van der Waals surface area contributed by atoms with Gasteiger partial charge in [0.15, 0.2) is 0 Å². The Morgan fingerprint density at radius 3 is 2.53 bits per heavy atom. The number of rotatable bonds is 4. The monoisotopic (exact) mass is 408 g/mol. The van der Waals surface area contributed by atoms with Crippen LogP contribution in [0.5, 0.6) is 0 Å². The van der Waals surface area contributed by atoms with E-state index in [1.165, 1.54) is 25.7 Å². The van der Waals surface area contributed by atoms with E-state index in [1.54, 1.807) is 0 Å². The van der Waals surface area contributed by atoms with Crippen molar-refractivity contribution in [2.24, 2.45) is 0 Å². The van der Waals surface area contributed by atoms with Gasteiger partial charge in [0.1, 0.15) is 12.4 Å². The Labute approximate surface area is 178 Å². The first-order valence-electron chi connectivity index (χ1n) is 11.7. The summed E-state index contributed by atoms with van der Waals surface area (Å²) >= 11 is 0. The molecular formula is C24H32N4O2. The van der Waals surface area contributed by atoms with Gasteiger partial charge in [0.2, 0.25) is 11.8 Å². The number of imidazole rings is 1. The van der Waals surface area contributed by atoms with Gasteiger partial charge in [0, 0.05) is 38.0 Å². The minimum absolute atomic E-state index is 0.0704. The fraction of sp³-hybridized carbons (Fsp3) is 0.625. The zero-order valence-corrected chi connectivity index (χ0v) is 17.8. The quantitative estimate of drug-likeness (QED) is 0.775. The lowest BCUT2D eigenvalue weighted by Gasteiger charge is -2.31. The zero-order chi connectivity index (χ0) is 20.5. The highest BCUT2D eigenvalue weighted by Crippen LogP contribution is 2.34. The van der Waals surface area contributed by atoms with E-state index in [0.717, 1.165) is 62.2 Å². The van der Waals surface area contributed by atoms with Crippen LogP contribution in [0.4, 0.5) is 0 Å². The first kappa shape index (κ1) is 19.6. The molecule has 0 N–H and O–H groups in total. The summed E-state index contributed by atoms with van der Waals surface area (Å²) in [5, 5.41) is 0. The predicted molar refractivity (Wildman–Crippen MR) is 116 cm³/mol. The smallest absolute Gasteiger partial charge is 0.242 e. The van der Waals surface area contributed by atoms with Gasteiger partial charge in [-0.15, -0.1) is 0 Å². The molecule has 2 saturated heterocycles. The molecule has 2 aliphatic heterocycles. The van der Waals surface area contributed by atoms with E-state index in [9.17, 15) is 9.59 Å². The molecule has 3 aliphatic rings. The topological polar surface area (TPSA) is 58.4 Å². The second-order valence-electron chi connectivity index (χ2n) is 9.23. The Hall–Kier alpha value is -2.37. The van der Waals surface area contributed by atoms with E-state index >= 15 is 0 Å². The Morgan fingerprint density at radius 2 is 1.73 bits per heavy atom. The van der Waals surface area contributed by atoms with Crippen LogP contribution in [-0.4, -0.2) is 56.8 Å². The summed E-state index contributed by atoms with van der Waals surface area (Å²) in [4.78, 5) is 34.9. The molecule has 1 atom stereocenters. The molecule has 2 amide bonds. The van der Waals surface area contributed by atoms with E-state index in [0.29, 0.717) is 19.0 Å². The molecule has 0 bridgehead atoms. The first-order chi connectivity index (χ1) is 14.7. The lowest BCUT2D eigenvalue weighted by Crippen LogP contribution is -2.38. The van der Waals surface area contributed by atoms with Crippen LogP contribution in [0.25, 0.3) is 11.0 Å². The van der Waals surface area contributed by atoms with Crippen LogP contribution < -0.4 is 0 Å². The third kappa shape index (κ3) is 3.72. The number of nitrogens with zero attached hydrogens (tertiary/aromatic N) is 4. The highest BCUT2D eigenvalue weighted by molar-refractivity contribution is 5.83. The largest absolute Gasteiger partial charge is 0.341 e. The Balaban J connectivity index is 1.42. The Morgan fingerprint density at radius 1 is 1.00 bits per heavy atom. The summed E-state index contributed by atoms with van der Waals surface area (Å²) in [6.45, 7) is 2.78. The molecule has 0 spiro atoms. The molecular weight excluding hydrogens is 376 g/mol. The van der Waals surface area contributed by atoms with Gasteiger partial charge in [-0.2, -0.15) is 0 Å². The summed E-state index contributed by atoms with van der Waals surface area (Å²) in [6.07, 6.45) is 9.90. The summed E-state index contributed by atoms with van der Waals surface area (Å²) in [5.74, 6) is 1.41. The van der Waals surface area contributed by atoms with Crippen molar-refractivity contribution in [3.63, 3.8) is 0 Å². The SMILES string of the molecule is O=C(Cn1c(C2CC(=O)N(C3CCCCC3)C2)nc2ccccc21)N1CCCCC1. The van der Waals surface area contributed by atoms with Crippen molar-refractivity contribution < 1.29 is 9.59 Å². The third-order valence-electron chi connectivity index (χ3n) is 7.23. The van der Waals surface area contributed by atoms with Crippen molar-refractivity contribution in [3.8, 4) is 0 Å². The van der Waals surface area contributed by atoms with Gasteiger partial charge >= 0.3 is 0 Å². The molecule has 1 aromatic heterocycles. The Kier molecular flexibility index (Phi) is 5.48. The summed E-state index contributed by atoms with van der Waals surface area (Å²) in [7, 11) is 0. The number of amides is 2. The molecule has 1 aromatic carbocycles. The van der Waals surface area contributed by atoms with Crippen LogP contribution in [0, 0.1) is 0 Å². The van der Waals surface area contributed by atoms with Crippen LogP contribution >= 0.6 is 0 Å². The van der Waals surface area contributed by atoms with Gasteiger partial charge in [-0.3, -0.25) is 9.59 Å². The van der Waals surface area contributed by atoms with Crippen molar-refractivity contribution in [2.45, 2.75) is 76.3 Å². The third-order valence-corrected chi connectivity index (χ3v) is 7.23. The van der Waals surface area contributed by atoms with Crippen molar-refractivity contribution >= 4 is 22.8 Å². The van der Waals surface area contributed by atoms with Crippen LogP contribution in [0.3, 0.4) is 0 Å². The molecule has 3 heterocycles. The highest BCUT2D eigenvalue weighted by Gasteiger charge is 2.38. The number of benzene rings is 1. The molecule has 1 aliphatic carbocycles. The fourth-order valence-electron chi connectivity index (χ4n) is 5.60. The van der Waals surface area contributed by atoms with Crippen molar-refractivity contribution in [1.29, 1.82) is 0 Å². The number of para-hydroxylation sites is 2. The second kappa shape index (κ2) is 8.40. The van der Waals surface area contributed by atoms with Crippen molar-refractivity contribution in [3.05, 3.63) is 30.1 Å². The lowest BCUT2D eigenvalue weighted by atomic mass is 9.94. The molecule has 6 nitrogen and oxygen atoms in total. The fourth-order valence-corrected chi connectivity index (χ4v) is 5.60. The summed E-state index contributed by atoms with van der Waals surface area (Å²) < 4.78 is 2.09. The molecule has 0 radical (unpaired) electrons. The number of carbonyl (C=O) groups is 2. The summed E-state index contributed by atoms with van der Waals surface area (Å²) in [5.41, 5.74) is 1.92. The van der Waals surface area contributed by atoms with Crippen LogP contribution in [0.2, 0.25) is 0 Å². The molecule has 2 aromatic rings. The van der Waals surface area contributed by atoms with E-state index in [-0.39, 0.29) is 17.7 Å². The van der Waals surface area contributed by atoms with E-state index in [2.05, 4.69) is 9.47 Å². The van der Waals surface area contributed by atoms with Crippen molar-refractivity contribution in [1.82, 2.24) is 19.4 Å². The molecule has 5 rings (SSSR count). The van der Waals surface area contributed by atoms with E-state index < -0.39 is 0 Å². The van der Waals surface area contributed by atoms with Crippen LogP contribution in [0.15, 0.2) is 24.3 Å². The standard InChI is InChI=1S/C24H32N4O2/c29-22-15-18(16-27(22)19-9-3-1-4-10-19)24-25-20-11-5-6-12-21(20)28(24)17-23(30)26-13-7-2-8-14-26/h5-6,11-12,18-19H,1-4,7-10,13-17H2. The summed E-state index contributed by atoms with van der Waals surface area (Å²) in [6, 6.07) is 8.44. The predicted octanol–water partition coefficient (Wildman–Crippen LogP) is 3.70. The van der Waals surface area contributed by atoms with Gasteiger partial charge in [0.25, 0.3) is 0 Å². The minimum Gasteiger partial charge on any atom is -0.341 e. The molecule has 6 heteroatoms. The molecule has 1 saturated carbocycles. The first-order valence-corrected chi connectivity index (χ1v) is 11.7. The number of hydrogen-bond acceptors (Lipinski definition) is 3. The average Bonchev–Trinajstić information content (AvgIpc) is 3.35. The minimum atomic E-state index is 0.0704. The highest BCUT2D eigenvalue weighted by atomic mass is 16.2. The lowest BCUT2D eigenvalue weighted by molar-refractivity contribution is -0.132. The number of aromatic nitrogens is 2. The number of carbonyl (C=O) groups excluding carboxylic acids is 2. The zero-order valence-electron chi connectivity index (χ0n) is 17.8. The average molecular weight is 409 g/mol. The second-order valence-corrected chi connectivity index (χ2v) is 9.23. The molecule has 3 fully saturated rings. The number of likely N-dealkylation sites (tertiary alicyclic amines) is 2. The maximum atomic E-state index is 13.1. The van der Waals surface area contributed by atoms with Gasteiger partial charge < -0.3 is 14.4 Å². The van der Waals surface area contributed by atoms with Crippen molar-refractivity contribution in [2.75, 3.05) is 19.6 Å². The van der Waals surface area contributed by atoms with Gasteiger partial charge in [0.05, 0.1) is 11.0 Å². The molecule has 30 heavy (non-hydrogen) atoms. The molecule has 160 valence electrons. The van der Waals surface area contributed by atoms with Gasteiger partial charge in [-0.05, 0) is 44.2 Å². The van der Waals surface area contributed by atoms with Crippen LogP contribution in [0.1, 0.15) is 69.5 Å². The van der Waals surface area contributed by atoms with Gasteiger partial charge in [-0.1, -0.05) is 31.4 Å². The number of piperidine rings is 1. The number of hydrogen-bond donors (Lipinski definition) is 0. The Bertz CT molecular complexity index is 924. The number of fused-ring (bicyclic) bond motifs is 1. The maximum Gasteiger partial charge on any atom is 0.242 e. The van der Waals surface area contributed by atoms with E-state index in [1.807, 2.05) is 29.2 Å². The van der Waals surface area contributed by atoms with Crippen LogP contribution in [-0.2, 0) is 16.1 Å². The normalized spacial score (nSPS) is 23.5. The van der Waals surface area contributed by atoms with Gasteiger partial charge in [-0.25, -0.2) is 4.98 Å².